The zero-order valence-electron chi connectivity index (χ0n) is 22.2. The molecule has 1 atom stereocenters. The van der Waals surface area contributed by atoms with Crippen molar-refractivity contribution < 1.29 is 19.1 Å². The lowest BCUT2D eigenvalue weighted by atomic mass is 9.81. The number of H-pyrrole nitrogens is 1. The number of amides is 1. The van der Waals surface area contributed by atoms with Crippen LogP contribution in [0.5, 0.6) is 0 Å². The summed E-state index contributed by atoms with van der Waals surface area (Å²) >= 11 is 0. The molecule has 0 saturated heterocycles. The normalized spacial score (nSPS) is 18.1. The van der Waals surface area contributed by atoms with E-state index in [1.165, 1.54) is 31.9 Å². The molecule has 5 rings (SSSR count). The number of para-hydroxylation sites is 1. The molecule has 2 aromatic carbocycles. The van der Waals surface area contributed by atoms with E-state index < -0.39 is 11.7 Å². The van der Waals surface area contributed by atoms with E-state index in [1.54, 1.807) is 0 Å². The zero-order valence-corrected chi connectivity index (χ0v) is 22.2. The van der Waals surface area contributed by atoms with Crippen molar-refractivity contribution in [1.82, 2.24) is 10.3 Å². The molecule has 7 heteroatoms. The van der Waals surface area contributed by atoms with Gasteiger partial charge in [-0.2, -0.15) is 0 Å². The fourth-order valence-corrected chi connectivity index (χ4v) is 5.85. The number of aromatic amines is 1. The lowest BCUT2D eigenvalue weighted by Crippen LogP contribution is -2.37. The first-order chi connectivity index (χ1) is 17.7. The van der Waals surface area contributed by atoms with Crippen LogP contribution in [-0.4, -0.2) is 36.3 Å². The van der Waals surface area contributed by atoms with Gasteiger partial charge in [-0.15, -0.1) is 0 Å². The van der Waals surface area contributed by atoms with Crippen molar-refractivity contribution in [3.63, 3.8) is 0 Å². The van der Waals surface area contributed by atoms with Gasteiger partial charge in [-0.3, -0.25) is 0 Å². The molecule has 0 spiro atoms. The van der Waals surface area contributed by atoms with Gasteiger partial charge in [0.2, 0.25) is 0 Å². The van der Waals surface area contributed by atoms with Gasteiger partial charge in [0, 0.05) is 28.7 Å². The van der Waals surface area contributed by atoms with E-state index in [0.29, 0.717) is 11.5 Å². The number of rotatable bonds is 4. The van der Waals surface area contributed by atoms with Crippen molar-refractivity contribution in [2.24, 2.45) is 0 Å². The van der Waals surface area contributed by atoms with Crippen LogP contribution in [0.2, 0.25) is 0 Å². The van der Waals surface area contributed by atoms with E-state index in [0.717, 1.165) is 59.2 Å². The Bertz CT molecular complexity index is 1310. The third-order valence-corrected chi connectivity index (χ3v) is 7.44. The van der Waals surface area contributed by atoms with Gasteiger partial charge < -0.3 is 25.1 Å². The van der Waals surface area contributed by atoms with Gasteiger partial charge in [-0.1, -0.05) is 43.5 Å². The van der Waals surface area contributed by atoms with Crippen LogP contribution in [0.1, 0.15) is 92.7 Å². The highest BCUT2D eigenvalue weighted by Gasteiger charge is 2.29. The standard InChI is InChI=1S/C30H37N3O4/c1-30(2,3)37-29(35)33-23-15-16-31-26-21(23)11-8-12-22(26)27-25(18-9-6-5-7-10-18)20-14-13-19(28(34)36-4)17-24(20)32-27/h8,11-14,17-18,23,31-32H,5-7,9-10,15-16H2,1-4H3,(H,33,35). The van der Waals surface area contributed by atoms with Gasteiger partial charge in [0.15, 0.2) is 0 Å². The Labute approximate surface area is 218 Å². The van der Waals surface area contributed by atoms with E-state index in [1.807, 2.05) is 32.9 Å². The molecular weight excluding hydrogens is 466 g/mol. The number of hydrogen-bond donors (Lipinski definition) is 3. The van der Waals surface area contributed by atoms with Gasteiger partial charge in [-0.05, 0) is 69.2 Å². The van der Waals surface area contributed by atoms with E-state index in [-0.39, 0.29) is 12.0 Å². The number of ether oxygens (including phenoxy) is 2. The number of esters is 1. The Morgan fingerprint density at radius 2 is 1.81 bits per heavy atom. The average molecular weight is 504 g/mol. The maximum absolute atomic E-state index is 12.6. The highest BCUT2D eigenvalue weighted by Crippen LogP contribution is 2.46. The summed E-state index contributed by atoms with van der Waals surface area (Å²) in [5.41, 5.74) is 6.51. The minimum Gasteiger partial charge on any atom is -0.465 e. The number of hydrogen-bond acceptors (Lipinski definition) is 5. The number of alkyl carbamates (subject to hydrolysis) is 1. The fraction of sp³-hybridized carbons (Fsp3) is 0.467. The van der Waals surface area contributed by atoms with Crippen LogP contribution in [0, 0.1) is 0 Å². The molecule has 1 saturated carbocycles. The highest BCUT2D eigenvalue weighted by atomic mass is 16.6. The largest absolute Gasteiger partial charge is 0.465 e. The van der Waals surface area contributed by atoms with Crippen molar-refractivity contribution in [3.8, 4) is 11.3 Å². The van der Waals surface area contributed by atoms with Crippen molar-refractivity contribution in [2.75, 3.05) is 19.0 Å². The number of nitrogens with one attached hydrogen (secondary N) is 3. The maximum Gasteiger partial charge on any atom is 0.408 e. The second-order valence-corrected chi connectivity index (χ2v) is 11.2. The summed E-state index contributed by atoms with van der Waals surface area (Å²) in [5.74, 6) is 0.115. The van der Waals surface area contributed by atoms with Crippen LogP contribution >= 0.6 is 0 Å². The summed E-state index contributed by atoms with van der Waals surface area (Å²) < 4.78 is 10.5. The van der Waals surface area contributed by atoms with Gasteiger partial charge in [0.05, 0.1) is 24.4 Å². The molecule has 2 heterocycles. The molecule has 7 nitrogen and oxygen atoms in total. The summed E-state index contributed by atoms with van der Waals surface area (Å²) in [7, 11) is 1.41. The summed E-state index contributed by atoms with van der Waals surface area (Å²) in [6, 6.07) is 11.9. The molecule has 1 fully saturated rings. The van der Waals surface area contributed by atoms with Crippen molar-refractivity contribution in [1.29, 1.82) is 0 Å². The summed E-state index contributed by atoms with van der Waals surface area (Å²) in [6.07, 6.45) is 6.42. The minimum atomic E-state index is -0.552. The summed E-state index contributed by atoms with van der Waals surface area (Å²) in [4.78, 5) is 28.5. The summed E-state index contributed by atoms with van der Waals surface area (Å²) in [6.45, 7) is 6.36. The first-order valence-corrected chi connectivity index (χ1v) is 13.4. The first kappa shape index (κ1) is 25.2. The third-order valence-electron chi connectivity index (χ3n) is 7.44. The van der Waals surface area contributed by atoms with Gasteiger partial charge >= 0.3 is 12.1 Å². The molecule has 1 unspecified atom stereocenters. The maximum atomic E-state index is 12.6. The van der Waals surface area contributed by atoms with Crippen LogP contribution < -0.4 is 10.6 Å². The third kappa shape index (κ3) is 5.17. The van der Waals surface area contributed by atoms with Crippen molar-refractivity contribution >= 4 is 28.7 Å². The minimum absolute atomic E-state index is 0.139. The molecule has 37 heavy (non-hydrogen) atoms. The Kier molecular flexibility index (Phi) is 6.88. The summed E-state index contributed by atoms with van der Waals surface area (Å²) in [5, 5.41) is 7.85. The quantitative estimate of drug-likeness (QED) is 0.332. The first-order valence-electron chi connectivity index (χ1n) is 13.4. The lowest BCUT2D eigenvalue weighted by molar-refractivity contribution is 0.0500. The number of carbonyl (C=O) groups excluding carboxylic acids is 2. The van der Waals surface area contributed by atoms with Crippen LogP contribution in [0.15, 0.2) is 36.4 Å². The number of methoxy groups -OCH3 is 1. The predicted molar refractivity (Wildman–Crippen MR) is 146 cm³/mol. The topological polar surface area (TPSA) is 92.5 Å². The van der Waals surface area contributed by atoms with Crippen LogP contribution in [0.25, 0.3) is 22.2 Å². The molecule has 2 aliphatic rings. The molecule has 1 aliphatic heterocycles. The van der Waals surface area contributed by atoms with Crippen LogP contribution in [0.3, 0.4) is 0 Å². The number of aromatic nitrogens is 1. The van der Waals surface area contributed by atoms with E-state index >= 15 is 0 Å². The number of benzene rings is 2. The molecule has 1 aromatic heterocycles. The Morgan fingerprint density at radius 1 is 1.03 bits per heavy atom. The molecule has 1 amide bonds. The Hall–Kier alpha value is -3.48. The monoisotopic (exact) mass is 503 g/mol. The Morgan fingerprint density at radius 3 is 2.54 bits per heavy atom. The second-order valence-electron chi connectivity index (χ2n) is 11.2. The average Bonchev–Trinajstić information content (AvgIpc) is 3.26. The molecule has 3 N–H and O–H groups in total. The molecule has 1 aliphatic carbocycles. The highest BCUT2D eigenvalue weighted by molar-refractivity contribution is 5.99. The van der Waals surface area contributed by atoms with Crippen LogP contribution in [0.4, 0.5) is 10.5 Å². The fourth-order valence-electron chi connectivity index (χ4n) is 5.85. The van der Waals surface area contributed by atoms with E-state index in [4.69, 9.17) is 9.47 Å². The number of anilines is 1. The smallest absolute Gasteiger partial charge is 0.408 e. The second kappa shape index (κ2) is 10.1. The predicted octanol–water partition coefficient (Wildman–Crippen LogP) is 7.05. The van der Waals surface area contributed by atoms with E-state index in [2.05, 4.69) is 39.9 Å². The van der Waals surface area contributed by atoms with Gasteiger partial charge in [0.25, 0.3) is 0 Å². The van der Waals surface area contributed by atoms with Gasteiger partial charge in [0.1, 0.15) is 5.60 Å². The molecule has 0 radical (unpaired) electrons. The Balaban J connectivity index is 1.59. The van der Waals surface area contributed by atoms with E-state index in [9.17, 15) is 9.59 Å². The molecule has 0 bridgehead atoms. The zero-order chi connectivity index (χ0) is 26.2. The number of fused-ring (bicyclic) bond motifs is 2. The number of carbonyl (C=O) groups is 2. The lowest BCUT2D eigenvalue weighted by Gasteiger charge is -2.30. The molecular formula is C30H37N3O4. The van der Waals surface area contributed by atoms with Crippen molar-refractivity contribution in [2.45, 2.75) is 76.9 Å². The van der Waals surface area contributed by atoms with Gasteiger partial charge in [-0.25, -0.2) is 9.59 Å². The molecule has 196 valence electrons. The SMILES string of the molecule is COC(=O)c1ccc2c(C3CCCCC3)c(-c3cccc4c3NCCC4NC(=O)OC(C)(C)C)[nH]c2c1. The van der Waals surface area contributed by atoms with Crippen LogP contribution in [-0.2, 0) is 9.47 Å². The van der Waals surface area contributed by atoms with Crippen molar-refractivity contribution in [3.05, 3.63) is 53.1 Å². The molecule has 3 aromatic rings.